The molecular formula is C22H31F3O. The smallest absolute Gasteiger partial charge is 0.406 e. The standard InChI is InChI=1S/C22H31F3O/c1-2-3-16-4-6-17(7-5-16)18-8-10-19(11-9-18)20-12-14-21(15-13-20)26-22(23,24)25/h12-19H,2-11H2,1H3/i12D,13D,14D,15D. The summed E-state index contributed by atoms with van der Waals surface area (Å²) in [6, 6.07) is -2.31. The monoisotopic (exact) mass is 372 g/mol. The van der Waals surface area contributed by atoms with Crippen molar-refractivity contribution in [3.63, 3.8) is 0 Å². The minimum absolute atomic E-state index is 0.147. The molecule has 1 nitrogen and oxygen atoms in total. The first-order chi connectivity index (χ1) is 14.1. The van der Waals surface area contributed by atoms with Crippen LogP contribution in [0.25, 0.3) is 0 Å². The highest BCUT2D eigenvalue weighted by molar-refractivity contribution is 5.29. The van der Waals surface area contributed by atoms with Crippen LogP contribution in [0.4, 0.5) is 13.2 Å². The van der Waals surface area contributed by atoms with E-state index in [9.17, 15) is 13.2 Å². The van der Waals surface area contributed by atoms with Gasteiger partial charge in [0.05, 0.1) is 5.48 Å². The molecule has 0 unspecified atom stereocenters. The molecule has 26 heavy (non-hydrogen) atoms. The van der Waals surface area contributed by atoms with Gasteiger partial charge in [0.25, 0.3) is 0 Å². The molecule has 0 N–H and O–H groups in total. The molecule has 0 heterocycles. The van der Waals surface area contributed by atoms with Gasteiger partial charge >= 0.3 is 6.36 Å². The average molecular weight is 373 g/mol. The molecule has 0 radical (unpaired) electrons. The van der Waals surface area contributed by atoms with E-state index in [0.717, 1.165) is 37.5 Å². The van der Waals surface area contributed by atoms with Gasteiger partial charge in [0.1, 0.15) is 5.75 Å². The zero-order valence-electron chi connectivity index (χ0n) is 19.4. The topological polar surface area (TPSA) is 9.23 Å². The Morgan fingerprint density at radius 3 is 1.96 bits per heavy atom. The van der Waals surface area contributed by atoms with Crippen LogP contribution in [0.1, 0.15) is 88.1 Å². The summed E-state index contributed by atoms with van der Waals surface area (Å²) in [4.78, 5) is 0. The van der Waals surface area contributed by atoms with Crippen LogP contribution in [0.2, 0.25) is 0 Å². The van der Waals surface area contributed by atoms with Gasteiger partial charge in [-0.25, -0.2) is 0 Å². The normalized spacial score (nSPS) is 32.3. The third-order valence-corrected chi connectivity index (χ3v) is 6.27. The molecule has 0 saturated heterocycles. The first-order valence-corrected chi connectivity index (χ1v) is 9.98. The van der Waals surface area contributed by atoms with E-state index in [0.29, 0.717) is 5.92 Å². The third kappa shape index (κ3) is 5.40. The Labute approximate surface area is 160 Å². The number of ether oxygens (including phenoxy) is 1. The van der Waals surface area contributed by atoms with Gasteiger partial charge in [-0.15, -0.1) is 13.2 Å². The molecule has 146 valence electrons. The first-order valence-electron chi connectivity index (χ1n) is 12.0. The lowest BCUT2D eigenvalue weighted by Gasteiger charge is -2.38. The second kappa shape index (κ2) is 8.67. The second-order valence-electron chi connectivity index (χ2n) is 7.97. The highest BCUT2D eigenvalue weighted by atomic mass is 19.4. The Morgan fingerprint density at radius 2 is 1.46 bits per heavy atom. The van der Waals surface area contributed by atoms with E-state index < -0.39 is 36.3 Å². The molecule has 4 heteroatoms. The lowest BCUT2D eigenvalue weighted by molar-refractivity contribution is -0.274. The summed E-state index contributed by atoms with van der Waals surface area (Å²) in [5.41, 5.74) is 0.240. The van der Waals surface area contributed by atoms with Crippen molar-refractivity contribution in [2.45, 2.75) is 83.4 Å². The number of benzene rings is 1. The first kappa shape index (κ1) is 14.8. The molecular weight excluding hydrogens is 337 g/mol. The molecule has 2 fully saturated rings. The quantitative estimate of drug-likeness (QED) is 0.521. The van der Waals surface area contributed by atoms with Crippen molar-refractivity contribution in [3.05, 3.63) is 29.7 Å². The summed E-state index contributed by atoms with van der Waals surface area (Å²) in [5, 5.41) is 0. The summed E-state index contributed by atoms with van der Waals surface area (Å²) in [6.07, 6.45) is 6.13. The van der Waals surface area contributed by atoms with Crippen LogP contribution in [0.15, 0.2) is 24.2 Å². The average Bonchev–Trinajstić information content (AvgIpc) is 2.71. The molecule has 0 spiro atoms. The lowest BCUT2D eigenvalue weighted by Crippen LogP contribution is -2.25. The van der Waals surface area contributed by atoms with Gasteiger partial charge in [0.2, 0.25) is 0 Å². The van der Waals surface area contributed by atoms with E-state index in [1.807, 2.05) is 0 Å². The van der Waals surface area contributed by atoms with Gasteiger partial charge < -0.3 is 4.74 Å². The second-order valence-corrected chi connectivity index (χ2v) is 7.97. The lowest BCUT2D eigenvalue weighted by atomic mass is 9.68. The van der Waals surface area contributed by atoms with E-state index in [-0.39, 0.29) is 11.5 Å². The maximum Gasteiger partial charge on any atom is 0.573 e. The van der Waals surface area contributed by atoms with Gasteiger partial charge in [-0.3, -0.25) is 0 Å². The van der Waals surface area contributed by atoms with Gasteiger partial charge in [0.15, 0.2) is 0 Å². The Bertz CT molecular complexity index is 708. The Kier molecular flexibility index (Phi) is 4.94. The zero-order chi connectivity index (χ0) is 22.1. The minimum Gasteiger partial charge on any atom is -0.406 e. The van der Waals surface area contributed by atoms with Crippen LogP contribution in [0, 0.1) is 17.8 Å². The molecule has 0 bridgehead atoms. The van der Waals surface area contributed by atoms with E-state index >= 15 is 0 Å². The number of hydrogen-bond acceptors (Lipinski definition) is 1. The van der Waals surface area contributed by atoms with Crippen molar-refractivity contribution in [1.82, 2.24) is 0 Å². The van der Waals surface area contributed by atoms with Crippen molar-refractivity contribution >= 4 is 0 Å². The van der Waals surface area contributed by atoms with Crippen molar-refractivity contribution in [2.24, 2.45) is 17.8 Å². The summed E-state index contributed by atoms with van der Waals surface area (Å²) >= 11 is 0. The van der Waals surface area contributed by atoms with Crippen LogP contribution in [-0.4, -0.2) is 6.36 Å². The van der Waals surface area contributed by atoms with Crippen molar-refractivity contribution in [3.8, 4) is 5.75 Å². The van der Waals surface area contributed by atoms with E-state index in [2.05, 4.69) is 11.7 Å². The number of halogens is 3. The Morgan fingerprint density at radius 1 is 0.923 bits per heavy atom. The Balaban J connectivity index is 1.69. The molecule has 0 amide bonds. The predicted octanol–water partition coefficient (Wildman–Crippen LogP) is 7.47. The highest BCUT2D eigenvalue weighted by Gasteiger charge is 2.32. The molecule has 0 aliphatic heterocycles. The van der Waals surface area contributed by atoms with Crippen LogP contribution < -0.4 is 4.74 Å². The van der Waals surface area contributed by atoms with Gasteiger partial charge in [-0.05, 0) is 79.8 Å². The SMILES string of the molecule is [2H]c1c([2H])c(C2CCC(C3CCC(CCC)CC3)CC2)c([2H])c([2H])c1OC(F)(F)F. The zero-order valence-corrected chi connectivity index (χ0v) is 15.4. The van der Waals surface area contributed by atoms with Crippen molar-refractivity contribution in [1.29, 1.82) is 0 Å². The van der Waals surface area contributed by atoms with Gasteiger partial charge in [-0.2, -0.15) is 0 Å². The molecule has 0 aromatic heterocycles. The largest absolute Gasteiger partial charge is 0.573 e. The van der Waals surface area contributed by atoms with Crippen molar-refractivity contribution in [2.75, 3.05) is 0 Å². The van der Waals surface area contributed by atoms with Crippen LogP contribution in [0.5, 0.6) is 5.75 Å². The van der Waals surface area contributed by atoms with E-state index in [1.165, 1.54) is 38.5 Å². The summed E-state index contributed by atoms with van der Waals surface area (Å²) < 4.78 is 73.8. The summed E-state index contributed by atoms with van der Waals surface area (Å²) in [5.74, 6) is 1.03. The molecule has 3 rings (SSSR count). The minimum atomic E-state index is -5.06. The molecule has 2 aliphatic carbocycles. The van der Waals surface area contributed by atoms with Crippen LogP contribution >= 0.6 is 0 Å². The van der Waals surface area contributed by atoms with E-state index in [4.69, 9.17) is 5.48 Å². The van der Waals surface area contributed by atoms with Gasteiger partial charge in [-0.1, -0.05) is 44.7 Å². The maximum atomic E-state index is 12.6. The fraction of sp³-hybridized carbons (Fsp3) is 0.727. The molecule has 2 aliphatic rings. The molecule has 0 atom stereocenters. The number of alkyl halides is 3. The van der Waals surface area contributed by atoms with Crippen LogP contribution in [0.3, 0.4) is 0 Å². The predicted molar refractivity (Wildman–Crippen MR) is 98.2 cm³/mol. The highest BCUT2D eigenvalue weighted by Crippen LogP contribution is 2.44. The summed E-state index contributed by atoms with van der Waals surface area (Å²) in [7, 11) is 0. The molecule has 2 saturated carbocycles. The summed E-state index contributed by atoms with van der Waals surface area (Å²) in [6.45, 7) is 2.24. The molecule has 1 aromatic rings. The van der Waals surface area contributed by atoms with Crippen LogP contribution in [-0.2, 0) is 0 Å². The Hall–Kier alpha value is -1.19. The fourth-order valence-corrected chi connectivity index (χ4v) is 4.92. The van der Waals surface area contributed by atoms with Crippen molar-refractivity contribution < 1.29 is 23.4 Å². The maximum absolute atomic E-state index is 12.6. The fourth-order valence-electron chi connectivity index (χ4n) is 4.92. The third-order valence-electron chi connectivity index (χ3n) is 6.27. The number of hydrogen-bond donors (Lipinski definition) is 0. The number of rotatable bonds is 5. The van der Waals surface area contributed by atoms with Gasteiger partial charge in [0, 0.05) is 0 Å². The molecule has 1 aromatic carbocycles. The van der Waals surface area contributed by atoms with E-state index in [1.54, 1.807) is 0 Å².